The average Bonchev–Trinajstić information content (AvgIpc) is 2.39. The number of aromatic nitrogens is 1. The molecule has 0 saturated heterocycles. The van der Waals surface area contributed by atoms with Crippen molar-refractivity contribution in [1.29, 1.82) is 0 Å². The second-order valence-corrected chi connectivity index (χ2v) is 4.90. The Morgan fingerprint density at radius 2 is 2.05 bits per heavy atom. The number of rotatable bonds is 5. The standard InChI is InChI=1S/C15H21N3O/c1-11(2)18(8-9-19-3)15-7-4-12-10-13(16)5-6-14(12)17-15/h4-7,10-11H,8-9,16H2,1-3H3. The molecule has 2 aromatic rings. The summed E-state index contributed by atoms with van der Waals surface area (Å²) in [6.45, 7) is 5.84. The van der Waals surface area contributed by atoms with Crippen molar-refractivity contribution in [3.8, 4) is 0 Å². The summed E-state index contributed by atoms with van der Waals surface area (Å²) < 4.78 is 5.16. The van der Waals surface area contributed by atoms with Crippen molar-refractivity contribution in [1.82, 2.24) is 4.98 Å². The van der Waals surface area contributed by atoms with Gasteiger partial charge in [-0.25, -0.2) is 4.98 Å². The zero-order chi connectivity index (χ0) is 13.8. The van der Waals surface area contributed by atoms with Crippen molar-refractivity contribution in [3.05, 3.63) is 30.3 Å². The van der Waals surface area contributed by atoms with Crippen LogP contribution in [0.1, 0.15) is 13.8 Å². The third-order valence-electron chi connectivity index (χ3n) is 3.15. The van der Waals surface area contributed by atoms with Gasteiger partial charge >= 0.3 is 0 Å². The van der Waals surface area contributed by atoms with Gasteiger partial charge in [0.25, 0.3) is 0 Å². The van der Waals surface area contributed by atoms with Gasteiger partial charge in [0.05, 0.1) is 12.1 Å². The fourth-order valence-corrected chi connectivity index (χ4v) is 2.12. The zero-order valence-corrected chi connectivity index (χ0v) is 11.8. The first-order valence-corrected chi connectivity index (χ1v) is 6.53. The molecule has 0 bridgehead atoms. The molecular formula is C15H21N3O. The zero-order valence-electron chi connectivity index (χ0n) is 11.8. The van der Waals surface area contributed by atoms with Crippen molar-refractivity contribution in [2.75, 3.05) is 30.9 Å². The van der Waals surface area contributed by atoms with Gasteiger partial charge in [-0.1, -0.05) is 0 Å². The maximum Gasteiger partial charge on any atom is 0.129 e. The van der Waals surface area contributed by atoms with E-state index in [2.05, 4.69) is 24.8 Å². The minimum absolute atomic E-state index is 0.383. The number of anilines is 2. The Bertz CT molecular complexity index is 554. The molecule has 1 aromatic heterocycles. The first-order chi connectivity index (χ1) is 9.11. The van der Waals surface area contributed by atoms with Gasteiger partial charge in [0.2, 0.25) is 0 Å². The maximum atomic E-state index is 5.78. The van der Waals surface area contributed by atoms with E-state index in [1.165, 1.54) is 0 Å². The van der Waals surface area contributed by atoms with Crippen LogP contribution in [0.5, 0.6) is 0 Å². The summed E-state index contributed by atoms with van der Waals surface area (Å²) in [6.07, 6.45) is 0. The van der Waals surface area contributed by atoms with Crippen molar-refractivity contribution >= 4 is 22.4 Å². The molecule has 0 radical (unpaired) electrons. The quantitative estimate of drug-likeness (QED) is 0.839. The normalized spacial score (nSPS) is 11.2. The predicted octanol–water partition coefficient (Wildman–Crippen LogP) is 2.68. The largest absolute Gasteiger partial charge is 0.399 e. The highest BCUT2D eigenvalue weighted by atomic mass is 16.5. The van der Waals surface area contributed by atoms with Crippen LogP contribution in [0.4, 0.5) is 11.5 Å². The van der Waals surface area contributed by atoms with E-state index >= 15 is 0 Å². The number of benzene rings is 1. The SMILES string of the molecule is COCCN(c1ccc2cc(N)ccc2n1)C(C)C. The Hall–Kier alpha value is -1.81. The van der Waals surface area contributed by atoms with Gasteiger partial charge < -0.3 is 15.4 Å². The molecule has 102 valence electrons. The molecule has 0 aliphatic heterocycles. The van der Waals surface area contributed by atoms with Gasteiger partial charge in [-0.2, -0.15) is 0 Å². The summed E-state index contributed by atoms with van der Waals surface area (Å²) >= 11 is 0. The lowest BCUT2D eigenvalue weighted by atomic mass is 10.2. The van der Waals surface area contributed by atoms with Crippen LogP contribution in [0.15, 0.2) is 30.3 Å². The van der Waals surface area contributed by atoms with E-state index in [1.54, 1.807) is 7.11 Å². The first kappa shape index (κ1) is 13.6. The highest BCUT2D eigenvalue weighted by molar-refractivity contribution is 5.83. The monoisotopic (exact) mass is 259 g/mol. The van der Waals surface area contributed by atoms with Gasteiger partial charge in [-0.3, -0.25) is 0 Å². The lowest BCUT2D eigenvalue weighted by Gasteiger charge is -2.27. The smallest absolute Gasteiger partial charge is 0.129 e. The van der Waals surface area contributed by atoms with E-state index < -0.39 is 0 Å². The number of pyridine rings is 1. The second-order valence-electron chi connectivity index (χ2n) is 4.90. The molecule has 2 N–H and O–H groups in total. The van der Waals surface area contributed by atoms with Crippen LogP contribution < -0.4 is 10.6 Å². The molecule has 0 aliphatic carbocycles. The predicted molar refractivity (Wildman–Crippen MR) is 80.5 cm³/mol. The van der Waals surface area contributed by atoms with Crippen molar-refractivity contribution < 1.29 is 4.74 Å². The van der Waals surface area contributed by atoms with E-state index in [9.17, 15) is 0 Å². The van der Waals surface area contributed by atoms with Crippen LogP contribution in [0.2, 0.25) is 0 Å². The maximum absolute atomic E-state index is 5.78. The minimum Gasteiger partial charge on any atom is -0.399 e. The molecule has 1 aromatic carbocycles. The number of methoxy groups -OCH3 is 1. The number of hydrogen-bond acceptors (Lipinski definition) is 4. The number of nitrogen functional groups attached to an aromatic ring is 1. The highest BCUT2D eigenvalue weighted by Crippen LogP contribution is 2.21. The topological polar surface area (TPSA) is 51.4 Å². The molecule has 0 atom stereocenters. The molecule has 0 amide bonds. The van der Waals surface area contributed by atoms with Crippen LogP contribution >= 0.6 is 0 Å². The Morgan fingerprint density at radius 3 is 2.74 bits per heavy atom. The molecule has 0 fully saturated rings. The fourth-order valence-electron chi connectivity index (χ4n) is 2.12. The van der Waals surface area contributed by atoms with Gasteiger partial charge in [-0.05, 0) is 44.2 Å². The summed E-state index contributed by atoms with van der Waals surface area (Å²) in [5.74, 6) is 0.976. The molecule has 0 spiro atoms. The van der Waals surface area contributed by atoms with Gasteiger partial charge in [0.15, 0.2) is 0 Å². The van der Waals surface area contributed by atoms with Gasteiger partial charge in [-0.15, -0.1) is 0 Å². The van der Waals surface area contributed by atoms with Crippen LogP contribution in [0.3, 0.4) is 0 Å². The van der Waals surface area contributed by atoms with E-state index in [4.69, 9.17) is 15.5 Å². The Balaban J connectivity index is 2.34. The average molecular weight is 259 g/mol. The summed E-state index contributed by atoms with van der Waals surface area (Å²) in [4.78, 5) is 6.94. The summed E-state index contributed by atoms with van der Waals surface area (Å²) in [5, 5.41) is 1.07. The molecule has 4 heteroatoms. The molecule has 0 unspecified atom stereocenters. The van der Waals surface area contributed by atoms with Crippen LogP contribution in [-0.2, 0) is 4.74 Å². The molecule has 19 heavy (non-hydrogen) atoms. The number of nitrogens with zero attached hydrogens (tertiary/aromatic N) is 2. The van der Waals surface area contributed by atoms with Crippen LogP contribution in [0, 0.1) is 0 Å². The van der Waals surface area contributed by atoms with Crippen molar-refractivity contribution in [2.45, 2.75) is 19.9 Å². The molecule has 2 rings (SSSR count). The second kappa shape index (κ2) is 5.89. The van der Waals surface area contributed by atoms with E-state index in [-0.39, 0.29) is 0 Å². The van der Waals surface area contributed by atoms with Crippen LogP contribution in [-0.4, -0.2) is 31.3 Å². The number of ether oxygens (including phenoxy) is 1. The van der Waals surface area contributed by atoms with Crippen LogP contribution in [0.25, 0.3) is 10.9 Å². The Morgan fingerprint density at radius 1 is 1.26 bits per heavy atom. The van der Waals surface area contributed by atoms with Crippen molar-refractivity contribution in [3.63, 3.8) is 0 Å². The molecular weight excluding hydrogens is 238 g/mol. The number of nitrogens with two attached hydrogens (primary N) is 1. The van der Waals surface area contributed by atoms with Crippen molar-refractivity contribution in [2.24, 2.45) is 0 Å². The van der Waals surface area contributed by atoms with E-state index in [0.29, 0.717) is 12.6 Å². The third-order valence-corrected chi connectivity index (χ3v) is 3.15. The number of hydrogen-bond donors (Lipinski definition) is 1. The molecule has 4 nitrogen and oxygen atoms in total. The number of fused-ring (bicyclic) bond motifs is 1. The molecule has 1 heterocycles. The fraction of sp³-hybridized carbons (Fsp3) is 0.400. The lowest BCUT2D eigenvalue weighted by molar-refractivity contribution is 0.203. The van der Waals surface area contributed by atoms with Gasteiger partial charge in [0.1, 0.15) is 5.82 Å². The molecule has 0 saturated carbocycles. The Kier molecular flexibility index (Phi) is 4.22. The first-order valence-electron chi connectivity index (χ1n) is 6.53. The third kappa shape index (κ3) is 3.15. The highest BCUT2D eigenvalue weighted by Gasteiger charge is 2.12. The van der Waals surface area contributed by atoms with E-state index in [0.717, 1.165) is 29.0 Å². The lowest BCUT2D eigenvalue weighted by Crippen LogP contribution is -2.34. The summed E-state index contributed by atoms with van der Waals surface area (Å²) in [5.41, 5.74) is 7.51. The minimum atomic E-state index is 0.383. The van der Waals surface area contributed by atoms with Gasteiger partial charge in [0, 0.05) is 30.8 Å². The Labute approximate surface area is 114 Å². The summed E-state index contributed by atoms with van der Waals surface area (Å²) in [7, 11) is 1.72. The molecule has 0 aliphatic rings. The summed E-state index contributed by atoms with van der Waals surface area (Å²) in [6, 6.07) is 10.3. The van der Waals surface area contributed by atoms with E-state index in [1.807, 2.05) is 24.3 Å².